The van der Waals surface area contributed by atoms with Crippen molar-refractivity contribution in [1.82, 2.24) is 5.32 Å². The summed E-state index contributed by atoms with van der Waals surface area (Å²) >= 11 is 0. The Morgan fingerprint density at radius 1 is 1.07 bits per heavy atom. The van der Waals surface area contributed by atoms with Crippen molar-refractivity contribution in [2.45, 2.75) is 39.8 Å². The first-order chi connectivity index (χ1) is 13.5. The third-order valence-electron chi connectivity index (χ3n) is 4.22. The topological polar surface area (TPSA) is 83.4 Å². The third kappa shape index (κ3) is 5.73. The number of nitriles is 1. The lowest BCUT2D eigenvalue weighted by molar-refractivity contribution is -0.117. The van der Waals surface area contributed by atoms with Crippen LogP contribution in [0.2, 0.25) is 0 Å². The number of nitrogens with zero attached hydrogens (tertiary/aromatic N) is 1. The molecule has 0 saturated heterocycles. The molecule has 0 aliphatic rings. The third-order valence-corrected chi connectivity index (χ3v) is 4.22. The lowest BCUT2D eigenvalue weighted by Crippen LogP contribution is -2.39. The van der Waals surface area contributed by atoms with Crippen molar-refractivity contribution < 1.29 is 14.3 Å². The Balaban J connectivity index is 2.04. The summed E-state index contributed by atoms with van der Waals surface area (Å²) in [6, 6.07) is 14.2. The van der Waals surface area contributed by atoms with Gasteiger partial charge in [-0.15, -0.1) is 0 Å². The lowest BCUT2D eigenvalue weighted by Gasteiger charge is -2.21. The summed E-state index contributed by atoms with van der Waals surface area (Å²) in [5, 5.41) is 15.1. The van der Waals surface area contributed by atoms with Crippen LogP contribution in [0.15, 0.2) is 42.5 Å². The van der Waals surface area contributed by atoms with E-state index in [1.54, 1.807) is 31.2 Å². The second-order valence-electron chi connectivity index (χ2n) is 6.36. The molecule has 0 spiro atoms. The van der Waals surface area contributed by atoms with Crippen LogP contribution in [-0.4, -0.2) is 25.2 Å². The zero-order chi connectivity index (χ0) is 20.5. The van der Waals surface area contributed by atoms with Crippen LogP contribution < -0.4 is 20.1 Å². The second-order valence-corrected chi connectivity index (χ2v) is 6.36. The van der Waals surface area contributed by atoms with Crippen molar-refractivity contribution in [3.8, 4) is 17.6 Å². The van der Waals surface area contributed by atoms with Crippen LogP contribution in [0.5, 0.6) is 11.5 Å². The highest BCUT2D eigenvalue weighted by Gasteiger charge is 2.18. The Labute approximate surface area is 166 Å². The molecule has 0 unspecified atom stereocenters. The summed E-state index contributed by atoms with van der Waals surface area (Å²) in [6.07, 6.45) is 0. The van der Waals surface area contributed by atoms with Crippen LogP contribution >= 0.6 is 0 Å². The van der Waals surface area contributed by atoms with Gasteiger partial charge in [-0.25, -0.2) is 0 Å². The highest BCUT2D eigenvalue weighted by atomic mass is 16.5. The minimum absolute atomic E-state index is 0.0684. The van der Waals surface area contributed by atoms with E-state index in [1.807, 2.05) is 39.0 Å². The van der Waals surface area contributed by atoms with Gasteiger partial charge in [0.15, 0.2) is 11.5 Å². The molecule has 0 bridgehead atoms. The van der Waals surface area contributed by atoms with Gasteiger partial charge >= 0.3 is 0 Å². The fourth-order valence-corrected chi connectivity index (χ4v) is 2.80. The van der Waals surface area contributed by atoms with Crippen LogP contribution in [0.4, 0.5) is 5.69 Å². The molecule has 0 aromatic heterocycles. The number of nitrogens with one attached hydrogen (secondary N) is 2. The first kappa shape index (κ1) is 21.3. The predicted molar refractivity (Wildman–Crippen MR) is 110 cm³/mol. The Bertz CT molecular complexity index is 845. The summed E-state index contributed by atoms with van der Waals surface area (Å²) in [5.41, 5.74) is 2.10. The summed E-state index contributed by atoms with van der Waals surface area (Å²) < 4.78 is 11.3. The van der Waals surface area contributed by atoms with Crippen molar-refractivity contribution >= 4 is 11.6 Å². The van der Waals surface area contributed by atoms with E-state index in [2.05, 4.69) is 16.7 Å². The molecule has 0 fully saturated rings. The molecule has 0 radical (unpaired) electrons. The Morgan fingerprint density at radius 3 is 2.46 bits per heavy atom. The van der Waals surface area contributed by atoms with E-state index in [9.17, 15) is 4.79 Å². The largest absolute Gasteiger partial charge is 0.490 e. The molecule has 6 heteroatoms. The first-order valence-electron chi connectivity index (χ1n) is 9.45. The molecule has 0 aliphatic heterocycles. The maximum absolute atomic E-state index is 12.5. The van der Waals surface area contributed by atoms with Gasteiger partial charge in [-0.3, -0.25) is 10.1 Å². The molecule has 0 saturated carbocycles. The number of rotatable bonds is 9. The maximum Gasteiger partial charge on any atom is 0.241 e. The molecule has 148 valence electrons. The highest BCUT2D eigenvalue weighted by Crippen LogP contribution is 2.30. The van der Waals surface area contributed by atoms with Crippen LogP contribution in [0.1, 0.15) is 44.9 Å². The van der Waals surface area contributed by atoms with Crippen LogP contribution in [-0.2, 0) is 4.79 Å². The first-order valence-corrected chi connectivity index (χ1v) is 9.45. The molecule has 0 heterocycles. The number of hydrogen-bond donors (Lipinski definition) is 2. The number of anilines is 1. The van der Waals surface area contributed by atoms with Crippen molar-refractivity contribution in [3.05, 3.63) is 53.6 Å². The number of ether oxygens (including phenoxy) is 2. The van der Waals surface area contributed by atoms with Crippen molar-refractivity contribution in [3.63, 3.8) is 0 Å². The average Bonchev–Trinajstić information content (AvgIpc) is 2.69. The Morgan fingerprint density at radius 2 is 1.79 bits per heavy atom. The molecule has 28 heavy (non-hydrogen) atoms. The zero-order valence-electron chi connectivity index (χ0n) is 16.8. The number of amides is 1. The fourth-order valence-electron chi connectivity index (χ4n) is 2.80. The van der Waals surface area contributed by atoms with Crippen molar-refractivity contribution in [2.75, 3.05) is 18.5 Å². The standard InChI is InChI=1S/C22H27N3O3/c1-5-27-20-11-10-18(13-21(20)28-6-2)15(3)24-16(4)22(26)25-19-9-7-8-17(12-19)14-23/h7-13,15-16,24H,5-6H2,1-4H3,(H,25,26)/t15-,16+/m1/s1. The molecular formula is C22H27N3O3. The fraction of sp³-hybridized carbons (Fsp3) is 0.364. The predicted octanol–water partition coefficient (Wildman–Crippen LogP) is 4.03. The van der Waals surface area contributed by atoms with E-state index < -0.39 is 6.04 Å². The van der Waals surface area contributed by atoms with Crippen molar-refractivity contribution in [1.29, 1.82) is 5.26 Å². The quantitative estimate of drug-likeness (QED) is 0.685. The van der Waals surface area contributed by atoms with E-state index in [4.69, 9.17) is 14.7 Å². The van der Waals surface area contributed by atoms with Gasteiger partial charge in [-0.05, 0) is 63.6 Å². The van der Waals surface area contributed by atoms with Crippen LogP contribution in [0, 0.1) is 11.3 Å². The molecule has 2 aromatic rings. The van der Waals surface area contributed by atoms with Gasteiger partial charge < -0.3 is 14.8 Å². The maximum atomic E-state index is 12.5. The minimum Gasteiger partial charge on any atom is -0.490 e. The number of carbonyl (C=O) groups is 1. The summed E-state index contributed by atoms with van der Waals surface area (Å²) in [7, 11) is 0. The number of hydrogen-bond acceptors (Lipinski definition) is 5. The van der Waals surface area contributed by atoms with Crippen LogP contribution in [0.25, 0.3) is 0 Å². The van der Waals surface area contributed by atoms with Gasteiger partial charge in [0.2, 0.25) is 5.91 Å². The summed E-state index contributed by atoms with van der Waals surface area (Å²) in [4.78, 5) is 12.5. The highest BCUT2D eigenvalue weighted by molar-refractivity contribution is 5.94. The van der Waals surface area contributed by atoms with E-state index in [0.717, 1.165) is 5.56 Å². The van der Waals surface area contributed by atoms with Gasteiger partial charge in [0, 0.05) is 11.7 Å². The molecular weight excluding hydrogens is 354 g/mol. The summed E-state index contributed by atoms with van der Waals surface area (Å²) in [6.45, 7) is 8.77. The van der Waals surface area contributed by atoms with Gasteiger partial charge in [0.1, 0.15) is 0 Å². The average molecular weight is 381 g/mol. The van der Waals surface area contributed by atoms with E-state index >= 15 is 0 Å². The number of carbonyl (C=O) groups excluding carboxylic acids is 1. The SMILES string of the molecule is CCOc1ccc([C@@H](C)N[C@@H](C)C(=O)Nc2cccc(C#N)c2)cc1OCC. The van der Waals surface area contributed by atoms with E-state index in [1.165, 1.54) is 0 Å². The van der Waals surface area contributed by atoms with Crippen molar-refractivity contribution in [2.24, 2.45) is 0 Å². The molecule has 2 rings (SSSR count). The number of benzene rings is 2. The van der Waals surface area contributed by atoms with Crippen LogP contribution in [0.3, 0.4) is 0 Å². The van der Waals surface area contributed by atoms with Gasteiger partial charge in [0.05, 0.1) is 30.9 Å². The van der Waals surface area contributed by atoms with E-state index in [0.29, 0.717) is 36.0 Å². The van der Waals surface area contributed by atoms with Gasteiger partial charge in [-0.2, -0.15) is 5.26 Å². The Hall–Kier alpha value is -3.04. The second kappa shape index (κ2) is 10.3. The molecule has 1 amide bonds. The smallest absolute Gasteiger partial charge is 0.241 e. The zero-order valence-corrected chi connectivity index (χ0v) is 16.8. The molecule has 2 N–H and O–H groups in total. The summed E-state index contributed by atoms with van der Waals surface area (Å²) in [5.74, 6) is 1.24. The molecule has 0 aliphatic carbocycles. The Kier molecular flexibility index (Phi) is 7.85. The molecule has 2 atom stereocenters. The molecule has 2 aromatic carbocycles. The monoisotopic (exact) mass is 381 g/mol. The van der Waals surface area contributed by atoms with E-state index in [-0.39, 0.29) is 11.9 Å². The normalized spacial score (nSPS) is 12.5. The van der Waals surface area contributed by atoms with Gasteiger partial charge in [-0.1, -0.05) is 12.1 Å². The molecule has 6 nitrogen and oxygen atoms in total. The lowest BCUT2D eigenvalue weighted by atomic mass is 10.1. The van der Waals surface area contributed by atoms with Gasteiger partial charge in [0.25, 0.3) is 0 Å². The minimum atomic E-state index is -0.428.